The Morgan fingerprint density at radius 1 is 1.08 bits per heavy atom. The number of hydrazine groups is 1. The van der Waals surface area contributed by atoms with Gasteiger partial charge in [-0.25, -0.2) is 5.01 Å². The maximum absolute atomic E-state index is 12.3. The number of halogens is 2. The average Bonchev–Trinajstić information content (AvgIpc) is 2.91. The van der Waals surface area contributed by atoms with Gasteiger partial charge in [-0.1, -0.05) is 47.5 Å². The van der Waals surface area contributed by atoms with Crippen molar-refractivity contribution in [2.75, 3.05) is 5.75 Å². The van der Waals surface area contributed by atoms with Crippen LogP contribution in [0.5, 0.6) is 0 Å². The molecule has 1 fully saturated rings. The van der Waals surface area contributed by atoms with Crippen molar-refractivity contribution in [3.63, 3.8) is 0 Å². The highest BCUT2D eigenvalue weighted by Gasteiger charge is 2.34. The molecule has 0 aliphatic carbocycles. The summed E-state index contributed by atoms with van der Waals surface area (Å²) in [4.78, 5) is 24.4. The number of carbonyl (C=O) groups is 2. The van der Waals surface area contributed by atoms with Crippen molar-refractivity contribution < 1.29 is 9.59 Å². The first-order chi connectivity index (χ1) is 11.5. The molecule has 3 rings (SSSR count). The van der Waals surface area contributed by atoms with Gasteiger partial charge in [0, 0.05) is 10.0 Å². The van der Waals surface area contributed by atoms with Crippen molar-refractivity contribution in [1.29, 1.82) is 0 Å². The molecular weight excluding hydrogens is 367 g/mol. The van der Waals surface area contributed by atoms with Crippen LogP contribution in [0.3, 0.4) is 0 Å². The molecule has 1 heterocycles. The van der Waals surface area contributed by atoms with E-state index in [1.807, 2.05) is 12.1 Å². The van der Waals surface area contributed by atoms with Crippen LogP contribution < -0.4 is 5.43 Å². The Balaban J connectivity index is 1.69. The highest BCUT2D eigenvalue weighted by atomic mass is 35.5. The highest BCUT2D eigenvalue weighted by Crippen LogP contribution is 2.37. The van der Waals surface area contributed by atoms with E-state index in [1.165, 1.54) is 16.8 Å². The molecule has 2 aromatic carbocycles. The summed E-state index contributed by atoms with van der Waals surface area (Å²) in [6.45, 7) is 0. The SMILES string of the molecule is O=C(Cc1ccc(Cl)cc1)NN1C(=O)CSC1c1ccc(Cl)cc1. The van der Waals surface area contributed by atoms with E-state index in [4.69, 9.17) is 23.2 Å². The zero-order chi connectivity index (χ0) is 17.1. The van der Waals surface area contributed by atoms with E-state index in [2.05, 4.69) is 5.43 Å². The number of hydrogen-bond donors (Lipinski definition) is 1. The summed E-state index contributed by atoms with van der Waals surface area (Å²) in [6, 6.07) is 14.3. The molecule has 1 saturated heterocycles. The molecular formula is C17H14Cl2N2O2S. The van der Waals surface area contributed by atoms with Gasteiger partial charge >= 0.3 is 0 Å². The minimum atomic E-state index is -0.246. The lowest BCUT2D eigenvalue weighted by Crippen LogP contribution is -2.45. The summed E-state index contributed by atoms with van der Waals surface area (Å²) in [5.74, 6) is -0.0364. The molecule has 0 radical (unpaired) electrons. The Kier molecular flexibility index (Phi) is 5.33. The zero-order valence-electron chi connectivity index (χ0n) is 12.5. The largest absolute Gasteiger partial charge is 0.273 e. The maximum atomic E-state index is 12.3. The van der Waals surface area contributed by atoms with Gasteiger partial charge in [0.1, 0.15) is 5.37 Å². The van der Waals surface area contributed by atoms with Crippen LogP contribution in [-0.4, -0.2) is 22.6 Å². The smallest absolute Gasteiger partial charge is 0.252 e. The predicted molar refractivity (Wildman–Crippen MR) is 96.8 cm³/mol. The number of nitrogens with one attached hydrogen (secondary N) is 1. The molecule has 0 bridgehead atoms. The summed E-state index contributed by atoms with van der Waals surface area (Å²) in [5.41, 5.74) is 4.46. The van der Waals surface area contributed by atoms with Crippen LogP contribution >= 0.6 is 35.0 Å². The Bertz CT molecular complexity index is 750. The van der Waals surface area contributed by atoms with Gasteiger partial charge in [-0.3, -0.25) is 15.0 Å². The second-order valence-electron chi connectivity index (χ2n) is 5.32. The van der Waals surface area contributed by atoms with E-state index in [1.54, 1.807) is 36.4 Å². The number of benzene rings is 2. The van der Waals surface area contributed by atoms with Crippen molar-refractivity contribution >= 4 is 46.8 Å². The Hall–Kier alpha value is -1.69. The van der Waals surface area contributed by atoms with Crippen molar-refractivity contribution in [2.24, 2.45) is 0 Å². The van der Waals surface area contributed by atoms with Gasteiger partial charge in [-0.05, 0) is 35.4 Å². The molecule has 4 nitrogen and oxygen atoms in total. The molecule has 2 aromatic rings. The minimum absolute atomic E-state index is 0.121. The van der Waals surface area contributed by atoms with Gasteiger partial charge in [0.15, 0.2) is 0 Å². The third-order valence-corrected chi connectivity index (χ3v) is 5.26. The van der Waals surface area contributed by atoms with Crippen LogP contribution in [0.4, 0.5) is 0 Å². The highest BCUT2D eigenvalue weighted by molar-refractivity contribution is 8.00. The van der Waals surface area contributed by atoms with Crippen LogP contribution in [0.25, 0.3) is 0 Å². The first-order valence-electron chi connectivity index (χ1n) is 7.26. The van der Waals surface area contributed by atoms with Crippen LogP contribution in [0.15, 0.2) is 48.5 Å². The van der Waals surface area contributed by atoms with E-state index in [9.17, 15) is 9.59 Å². The van der Waals surface area contributed by atoms with Crippen LogP contribution in [0, 0.1) is 0 Å². The van der Waals surface area contributed by atoms with Gasteiger partial charge in [0.05, 0.1) is 12.2 Å². The molecule has 0 saturated carbocycles. The summed E-state index contributed by atoms with van der Waals surface area (Å²) >= 11 is 13.2. The summed E-state index contributed by atoms with van der Waals surface area (Å²) in [6.07, 6.45) is 0.180. The quantitative estimate of drug-likeness (QED) is 0.876. The topological polar surface area (TPSA) is 49.4 Å². The molecule has 1 atom stereocenters. The molecule has 7 heteroatoms. The van der Waals surface area contributed by atoms with Crippen molar-refractivity contribution in [3.8, 4) is 0 Å². The molecule has 24 heavy (non-hydrogen) atoms. The normalized spacial score (nSPS) is 17.2. The lowest BCUT2D eigenvalue weighted by molar-refractivity contribution is -0.139. The average molecular weight is 381 g/mol. The first-order valence-corrected chi connectivity index (χ1v) is 9.06. The standard InChI is InChI=1S/C17H14Cl2N2O2S/c18-13-5-1-11(2-6-13)9-15(22)20-21-16(23)10-24-17(21)12-3-7-14(19)8-4-12/h1-8,17H,9-10H2,(H,20,22). The van der Waals surface area contributed by atoms with E-state index in [0.29, 0.717) is 15.8 Å². The van der Waals surface area contributed by atoms with E-state index in [-0.39, 0.29) is 23.6 Å². The second-order valence-corrected chi connectivity index (χ2v) is 7.26. The molecule has 0 spiro atoms. The molecule has 1 N–H and O–H groups in total. The molecule has 1 aliphatic rings. The molecule has 0 aromatic heterocycles. The van der Waals surface area contributed by atoms with Crippen molar-refractivity contribution in [1.82, 2.24) is 10.4 Å². The van der Waals surface area contributed by atoms with Gasteiger partial charge in [-0.15, -0.1) is 11.8 Å². The fourth-order valence-corrected chi connectivity index (χ4v) is 3.74. The van der Waals surface area contributed by atoms with Crippen LogP contribution in [0.1, 0.15) is 16.5 Å². The van der Waals surface area contributed by atoms with Gasteiger partial charge in [0.25, 0.3) is 5.91 Å². The summed E-state index contributed by atoms with van der Waals surface area (Å²) in [5, 5.41) is 2.40. The summed E-state index contributed by atoms with van der Waals surface area (Å²) in [7, 11) is 0. The zero-order valence-corrected chi connectivity index (χ0v) is 14.9. The Morgan fingerprint density at radius 3 is 2.29 bits per heavy atom. The fraction of sp³-hybridized carbons (Fsp3) is 0.176. The Labute approximate surface area is 154 Å². The first kappa shape index (κ1) is 17.1. The number of thioether (sulfide) groups is 1. The van der Waals surface area contributed by atoms with E-state index < -0.39 is 0 Å². The predicted octanol–water partition coefficient (Wildman–Crippen LogP) is 3.84. The second kappa shape index (κ2) is 7.47. The molecule has 2 amide bonds. The van der Waals surface area contributed by atoms with Crippen molar-refractivity contribution in [3.05, 3.63) is 69.7 Å². The fourth-order valence-electron chi connectivity index (χ4n) is 2.38. The third kappa shape index (κ3) is 4.04. The molecule has 1 unspecified atom stereocenters. The minimum Gasteiger partial charge on any atom is -0.273 e. The van der Waals surface area contributed by atoms with Gasteiger partial charge < -0.3 is 0 Å². The number of carbonyl (C=O) groups excluding carboxylic acids is 2. The van der Waals surface area contributed by atoms with Crippen LogP contribution in [-0.2, 0) is 16.0 Å². The molecule has 124 valence electrons. The lowest BCUT2D eigenvalue weighted by atomic mass is 10.1. The van der Waals surface area contributed by atoms with E-state index in [0.717, 1.165) is 11.1 Å². The monoisotopic (exact) mass is 380 g/mol. The number of rotatable bonds is 4. The number of nitrogens with zero attached hydrogens (tertiary/aromatic N) is 1. The lowest BCUT2D eigenvalue weighted by Gasteiger charge is -2.24. The third-order valence-electron chi connectivity index (χ3n) is 3.55. The van der Waals surface area contributed by atoms with Crippen molar-refractivity contribution in [2.45, 2.75) is 11.8 Å². The van der Waals surface area contributed by atoms with E-state index >= 15 is 0 Å². The summed E-state index contributed by atoms with van der Waals surface area (Å²) < 4.78 is 0. The molecule has 1 aliphatic heterocycles. The van der Waals surface area contributed by atoms with Gasteiger partial charge in [-0.2, -0.15) is 0 Å². The maximum Gasteiger partial charge on any atom is 0.252 e. The Morgan fingerprint density at radius 2 is 1.67 bits per heavy atom. The van der Waals surface area contributed by atoms with Crippen LogP contribution in [0.2, 0.25) is 10.0 Å². The van der Waals surface area contributed by atoms with Gasteiger partial charge in [0.2, 0.25) is 5.91 Å². The number of amides is 2. The number of hydrogen-bond acceptors (Lipinski definition) is 3.